The van der Waals surface area contributed by atoms with Crippen LogP contribution in [0.25, 0.3) is 10.9 Å². The van der Waals surface area contributed by atoms with Crippen LogP contribution in [0.3, 0.4) is 0 Å². The molecule has 0 fully saturated rings. The van der Waals surface area contributed by atoms with Gasteiger partial charge >= 0.3 is 0 Å². The first-order valence-electron chi connectivity index (χ1n) is 4.76. The largest absolute Gasteiger partial charge is 0.398 e. The van der Waals surface area contributed by atoms with E-state index in [9.17, 15) is 13.2 Å². The van der Waals surface area contributed by atoms with E-state index in [-0.39, 0.29) is 23.2 Å². The minimum absolute atomic E-state index is 0.0428. The molecular formula is C11H9F3N2O. The van der Waals surface area contributed by atoms with E-state index < -0.39 is 17.5 Å². The molecule has 0 spiro atoms. The molecule has 1 aromatic heterocycles. The number of nitrogen functional groups attached to an aromatic ring is 1. The number of fused-ring (bicyclic) bond motifs is 1. The Morgan fingerprint density at radius 1 is 1.24 bits per heavy atom. The number of nitrogens with two attached hydrogens (primary N) is 1. The fourth-order valence-electron chi connectivity index (χ4n) is 1.57. The molecule has 0 atom stereocenters. The molecule has 0 saturated carbocycles. The number of ether oxygens (including phenoxy) is 1. The molecule has 0 aliphatic carbocycles. The summed E-state index contributed by atoms with van der Waals surface area (Å²) < 4.78 is 44.4. The Balaban J connectivity index is 2.78. The van der Waals surface area contributed by atoms with Crippen molar-refractivity contribution in [3.05, 3.63) is 35.3 Å². The summed E-state index contributed by atoms with van der Waals surface area (Å²) in [5, 5.41) is 0.0428. The molecule has 0 radical (unpaired) electrons. The molecule has 2 rings (SSSR count). The molecule has 3 nitrogen and oxygen atoms in total. The van der Waals surface area contributed by atoms with Crippen LogP contribution in [0.4, 0.5) is 18.9 Å². The van der Waals surface area contributed by atoms with Crippen LogP contribution >= 0.6 is 0 Å². The van der Waals surface area contributed by atoms with Crippen LogP contribution in [0.1, 0.15) is 5.69 Å². The molecule has 0 unspecified atom stereocenters. The molecule has 1 aromatic carbocycles. The van der Waals surface area contributed by atoms with Crippen LogP contribution in [0.15, 0.2) is 12.1 Å². The van der Waals surface area contributed by atoms with Crippen LogP contribution in [0.5, 0.6) is 0 Å². The van der Waals surface area contributed by atoms with Gasteiger partial charge in [0.15, 0.2) is 17.5 Å². The maximum absolute atomic E-state index is 13.5. The number of methoxy groups -OCH3 is 1. The Labute approximate surface area is 95.0 Å². The molecule has 2 N–H and O–H groups in total. The number of halogens is 3. The standard InChI is InChI=1S/C11H9F3N2O/c1-17-4-5-2-8(15)6-3-7(12)9(13)10(14)11(6)16-5/h2-3H,4H2,1H3,(H2,15,16). The molecule has 6 heteroatoms. The van der Waals surface area contributed by atoms with Gasteiger partial charge in [-0.25, -0.2) is 18.2 Å². The summed E-state index contributed by atoms with van der Waals surface area (Å²) in [5.74, 6) is -4.19. The third-order valence-corrected chi connectivity index (χ3v) is 2.32. The Bertz CT molecular complexity index is 587. The first-order chi connectivity index (χ1) is 8.04. The minimum atomic E-state index is -1.56. The normalized spacial score (nSPS) is 11.1. The fraction of sp³-hybridized carbons (Fsp3) is 0.182. The lowest BCUT2D eigenvalue weighted by Crippen LogP contribution is -2.01. The third-order valence-electron chi connectivity index (χ3n) is 2.32. The van der Waals surface area contributed by atoms with Crippen molar-refractivity contribution in [3.63, 3.8) is 0 Å². The van der Waals surface area contributed by atoms with Crippen LogP contribution in [-0.4, -0.2) is 12.1 Å². The van der Waals surface area contributed by atoms with Crippen molar-refractivity contribution in [2.75, 3.05) is 12.8 Å². The van der Waals surface area contributed by atoms with Gasteiger partial charge in [-0.2, -0.15) is 0 Å². The smallest absolute Gasteiger partial charge is 0.196 e. The zero-order chi connectivity index (χ0) is 12.6. The topological polar surface area (TPSA) is 48.1 Å². The van der Waals surface area contributed by atoms with Gasteiger partial charge in [0, 0.05) is 18.2 Å². The number of benzene rings is 1. The van der Waals surface area contributed by atoms with Crippen molar-refractivity contribution in [2.45, 2.75) is 6.61 Å². The summed E-state index contributed by atoms with van der Waals surface area (Å²) in [4.78, 5) is 3.84. The molecule has 0 aliphatic rings. The second-order valence-corrected chi connectivity index (χ2v) is 3.52. The van der Waals surface area contributed by atoms with Crippen molar-refractivity contribution in [2.24, 2.45) is 0 Å². The van der Waals surface area contributed by atoms with Crippen molar-refractivity contribution < 1.29 is 17.9 Å². The van der Waals surface area contributed by atoms with Crippen LogP contribution in [0, 0.1) is 17.5 Å². The zero-order valence-corrected chi connectivity index (χ0v) is 8.93. The van der Waals surface area contributed by atoms with E-state index in [0.29, 0.717) is 5.69 Å². The van der Waals surface area contributed by atoms with Gasteiger partial charge < -0.3 is 10.5 Å². The SMILES string of the molecule is COCc1cc(N)c2cc(F)c(F)c(F)c2n1. The quantitative estimate of drug-likeness (QED) is 0.822. The van der Waals surface area contributed by atoms with E-state index in [1.54, 1.807) is 0 Å². The van der Waals surface area contributed by atoms with Gasteiger partial charge in [-0.15, -0.1) is 0 Å². The van der Waals surface area contributed by atoms with Gasteiger partial charge in [-0.3, -0.25) is 0 Å². The number of aromatic nitrogens is 1. The summed E-state index contributed by atoms with van der Waals surface area (Å²) in [6.07, 6.45) is 0. The summed E-state index contributed by atoms with van der Waals surface area (Å²) in [7, 11) is 1.43. The van der Waals surface area contributed by atoms with Gasteiger partial charge in [0.05, 0.1) is 12.3 Å². The van der Waals surface area contributed by atoms with E-state index in [0.717, 1.165) is 6.07 Å². The second kappa shape index (κ2) is 4.21. The lowest BCUT2D eigenvalue weighted by atomic mass is 10.1. The van der Waals surface area contributed by atoms with Gasteiger partial charge in [0.25, 0.3) is 0 Å². The van der Waals surface area contributed by atoms with Gasteiger partial charge in [0.1, 0.15) is 5.52 Å². The van der Waals surface area contributed by atoms with Crippen molar-refractivity contribution >= 4 is 16.6 Å². The number of anilines is 1. The highest BCUT2D eigenvalue weighted by molar-refractivity contribution is 5.90. The summed E-state index contributed by atoms with van der Waals surface area (Å²) >= 11 is 0. The van der Waals surface area contributed by atoms with Crippen LogP contribution < -0.4 is 5.73 Å². The number of hydrogen-bond acceptors (Lipinski definition) is 3. The molecule has 0 bridgehead atoms. The number of pyridine rings is 1. The Hall–Kier alpha value is -1.82. The summed E-state index contributed by atoms with van der Waals surface area (Å²) in [5.41, 5.74) is 5.80. The molecule has 0 aliphatic heterocycles. The average molecular weight is 242 g/mol. The molecule has 0 amide bonds. The van der Waals surface area contributed by atoms with E-state index in [4.69, 9.17) is 10.5 Å². The number of nitrogens with zero attached hydrogens (tertiary/aromatic N) is 1. The first kappa shape index (κ1) is 11.7. The fourth-order valence-corrected chi connectivity index (χ4v) is 1.57. The molecule has 90 valence electrons. The number of hydrogen-bond donors (Lipinski definition) is 1. The van der Waals surface area contributed by atoms with Crippen molar-refractivity contribution in [1.29, 1.82) is 0 Å². The molecule has 2 aromatic rings. The highest BCUT2D eigenvalue weighted by atomic mass is 19.2. The maximum atomic E-state index is 13.5. The lowest BCUT2D eigenvalue weighted by Gasteiger charge is -2.07. The van der Waals surface area contributed by atoms with Gasteiger partial charge in [0.2, 0.25) is 0 Å². The monoisotopic (exact) mass is 242 g/mol. The zero-order valence-electron chi connectivity index (χ0n) is 8.93. The molecule has 17 heavy (non-hydrogen) atoms. The van der Waals surface area contributed by atoms with E-state index in [1.807, 2.05) is 0 Å². The van der Waals surface area contributed by atoms with Crippen LogP contribution in [0.2, 0.25) is 0 Å². The van der Waals surface area contributed by atoms with Crippen molar-refractivity contribution in [3.8, 4) is 0 Å². The predicted octanol–water partition coefficient (Wildman–Crippen LogP) is 2.38. The van der Waals surface area contributed by atoms with E-state index in [2.05, 4.69) is 4.98 Å². The molecule has 1 heterocycles. The third kappa shape index (κ3) is 1.91. The average Bonchev–Trinajstić information content (AvgIpc) is 2.29. The molecule has 0 saturated heterocycles. The summed E-state index contributed by atoms with van der Waals surface area (Å²) in [6.45, 7) is 0.110. The van der Waals surface area contributed by atoms with Gasteiger partial charge in [-0.05, 0) is 12.1 Å². The predicted molar refractivity (Wildman–Crippen MR) is 56.7 cm³/mol. The maximum Gasteiger partial charge on any atom is 0.196 e. The molecular weight excluding hydrogens is 233 g/mol. The van der Waals surface area contributed by atoms with E-state index in [1.165, 1.54) is 13.2 Å². The second-order valence-electron chi connectivity index (χ2n) is 3.52. The first-order valence-corrected chi connectivity index (χ1v) is 4.76. The van der Waals surface area contributed by atoms with E-state index >= 15 is 0 Å². The van der Waals surface area contributed by atoms with Crippen molar-refractivity contribution in [1.82, 2.24) is 4.98 Å². The Morgan fingerprint density at radius 2 is 1.94 bits per heavy atom. The number of rotatable bonds is 2. The minimum Gasteiger partial charge on any atom is -0.398 e. The lowest BCUT2D eigenvalue weighted by molar-refractivity contribution is 0.182. The highest BCUT2D eigenvalue weighted by Gasteiger charge is 2.16. The summed E-state index contributed by atoms with van der Waals surface area (Å²) in [6, 6.07) is 2.26. The van der Waals surface area contributed by atoms with Crippen LogP contribution in [-0.2, 0) is 11.3 Å². The highest BCUT2D eigenvalue weighted by Crippen LogP contribution is 2.26. The van der Waals surface area contributed by atoms with Gasteiger partial charge in [-0.1, -0.05) is 0 Å². The Morgan fingerprint density at radius 3 is 2.59 bits per heavy atom. The Kier molecular flexibility index (Phi) is 2.89.